The Morgan fingerprint density at radius 3 is 2.20 bits per heavy atom. The predicted octanol–water partition coefficient (Wildman–Crippen LogP) is 5.26. The molecule has 0 spiro atoms. The first-order chi connectivity index (χ1) is 9.43. The number of halogens is 4. The van der Waals surface area contributed by atoms with Gasteiger partial charge in [-0.05, 0) is 24.1 Å². The maximum Gasteiger partial charge on any atom is 0.134 e. The molecule has 106 valence electrons. The molecule has 5 heteroatoms. The fourth-order valence-electron chi connectivity index (χ4n) is 1.91. The number of hydrogen-bond acceptors (Lipinski definition) is 1. The number of ether oxygens (including phenoxy) is 1. The number of hydrogen-bond donors (Lipinski definition) is 0. The van der Waals surface area contributed by atoms with Gasteiger partial charge in [0.15, 0.2) is 0 Å². The van der Waals surface area contributed by atoms with Crippen LogP contribution in [0.2, 0.25) is 5.02 Å². The van der Waals surface area contributed by atoms with Crippen LogP contribution < -0.4 is 4.74 Å². The van der Waals surface area contributed by atoms with E-state index in [2.05, 4.69) is 0 Å². The van der Waals surface area contributed by atoms with Crippen molar-refractivity contribution in [1.82, 2.24) is 0 Å². The molecule has 0 bridgehead atoms. The average molecular weight is 317 g/mol. The second kappa shape index (κ2) is 5.98. The van der Waals surface area contributed by atoms with Crippen molar-refractivity contribution in [3.05, 3.63) is 63.7 Å². The minimum Gasteiger partial charge on any atom is -0.497 e. The highest BCUT2D eigenvalue weighted by atomic mass is 35.5. The van der Waals surface area contributed by atoms with Gasteiger partial charge in [0.2, 0.25) is 0 Å². The summed E-state index contributed by atoms with van der Waals surface area (Å²) in [7, 11) is 1.34. The summed E-state index contributed by atoms with van der Waals surface area (Å²) < 4.78 is 32.8. The van der Waals surface area contributed by atoms with E-state index in [-0.39, 0.29) is 11.3 Å². The van der Waals surface area contributed by atoms with E-state index in [1.807, 2.05) is 0 Å². The van der Waals surface area contributed by atoms with Crippen molar-refractivity contribution >= 4 is 23.2 Å². The Hall–Kier alpha value is -1.32. The van der Waals surface area contributed by atoms with E-state index >= 15 is 0 Å². The van der Waals surface area contributed by atoms with E-state index < -0.39 is 17.0 Å². The molecule has 0 saturated carbocycles. The SMILES string of the molecule is COc1cc(F)c(C(Cl)c2ccc(Cl)c(C)c2)c(F)c1. The number of rotatable bonds is 3. The predicted molar refractivity (Wildman–Crippen MR) is 76.8 cm³/mol. The number of benzene rings is 2. The summed E-state index contributed by atoms with van der Waals surface area (Å²) in [6.45, 7) is 1.80. The molecule has 2 aromatic rings. The molecule has 20 heavy (non-hydrogen) atoms. The number of aryl methyl sites for hydroxylation is 1. The van der Waals surface area contributed by atoms with Crippen molar-refractivity contribution < 1.29 is 13.5 Å². The minimum atomic E-state index is -0.933. The molecule has 2 rings (SSSR count). The van der Waals surface area contributed by atoms with E-state index in [9.17, 15) is 8.78 Å². The van der Waals surface area contributed by atoms with Gasteiger partial charge in [-0.2, -0.15) is 0 Å². The third-order valence-electron chi connectivity index (χ3n) is 3.02. The molecule has 0 saturated heterocycles. The van der Waals surface area contributed by atoms with Crippen LogP contribution in [-0.4, -0.2) is 7.11 Å². The van der Waals surface area contributed by atoms with Gasteiger partial charge in [-0.3, -0.25) is 0 Å². The molecule has 0 N–H and O–H groups in total. The Kier molecular flexibility index (Phi) is 4.51. The van der Waals surface area contributed by atoms with Crippen LogP contribution in [0.15, 0.2) is 30.3 Å². The highest BCUT2D eigenvalue weighted by Crippen LogP contribution is 2.35. The van der Waals surface area contributed by atoms with Crippen LogP contribution in [0.1, 0.15) is 22.1 Å². The molecule has 0 aliphatic carbocycles. The zero-order chi connectivity index (χ0) is 14.9. The highest BCUT2D eigenvalue weighted by Gasteiger charge is 2.21. The van der Waals surface area contributed by atoms with Gasteiger partial charge in [-0.1, -0.05) is 23.7 Å². The van der Waals surface area contributed by atoms with Gasteiger partial charge < -0.3 is 4.74 Å². The minimum absolute atomic E-state index is 0.111. The summed E-state index contributed by atoms with van der Waals surface area (Å²) in [6, 6.07) is 7.23. The second-order valence-electron chi connectivity index (χ2n) is 4.38. The van der Waals surface area contributed by atoms with Crippen LogP contribution in [0, 0.1) is 18.6 Å². The molecule has 0 fully saturated rings. The molecular formula is C15H12Cl2F2O. The molecule has 0 aliphatic heterocycles. The molecule has 1 nitrogen and oxygen atoms in total. The third-order valence-corrected chi connectivity index (χ3v) is 3.91. The van der Waals surface area contributed by atoms with E-state index in [4.69, 9.17) is 27.9 Å². The van der Waals surface area contributed by atoms with Crippen LogP contribution in [0.25, 0.3) is 0 Å². The van der Waals surface area contributed by atoms with E-state index in [1.54, 1.807) is 25.1 Å². The Morgan fingerprint density at radius 1 is 1.10 bits per heavy atom. The molecule has 0 heterocycles. The van der Waals surface area contributed by atoms with Crippen molar-refractivity contribution in [3.8, 4) is 5.75 Å². The lowest BCUT2D eigenvalue weighted by molar-refractivity contribution is 0.405. The highest BCUT2D eigenvalue weighted by molar-refractivity contribution is 6.31. The Morgan fingerprint density at radius 2 is 1.70 bits per heavy atom. The smallest absolute Gasteiger partial charge is 0.134 e. The normalized spacial score (nSPS) is 12.3. The summed E-state index contributed by atoms with van der Waals surface area (Å²) >= 11 is 12.1. The van der Waals surface area contributed by atoms with Crippen LogP contribution in [-0.2, 0) is 0 Å². The topological polar surface area (TPSA) is 9.23 Å². The molecule has 0 aromatic heterocycles. The summed E-state index contributed by atoms with van der Waals surface area (Å²) in [5.41, 5.74) is 1.18. The summed E-state index contributed by atoms with van der Waals surface area (Å²) in [5, 5.41) is -0.356. The monoisotopic (exact) mass is 316 g/mol. The van der Waals surface area contributed by atoms with Crippen LogP contribution in [0.4, 0.5) is 8.78 Å². The van der Waals surface area contributed by atoms with Crippen LogP contribution in [0.5, 0.6) is 5.75 Å². The first kappa shape index (κ1) is 15.1. The van der Waals surface area contributed by atoms with Crippen molar-refractivity contribution in [2.24, 2.45) is 0 Å². The van der Waals surface area contributed by atoms with Crippen LogP contribution in [0.3, 0.4) is 0 Å². The summed E-state index contributed by atoms with van der Waals surface area (Å²) in [4.78, 5) is 0. The fraction of sp³-hybridized carbons (Fsp3) is 0.200. The van der Waals surface area contributed by atoms with Crippen molar-refractivity contribution in [3.63, 3.8) is 0 Å². The maximum absolute atomic E-state index is 14.0. The number of alkyl halides is 1. The first-order valence-electron chi connectivity index (χ1n) is 5.87. The van der Waals surface area contributed by atoms with Crippen molar-refractivity contribution in [2.45, 2.75) is 12.3 Å². The molecule has 0 amide bonds. The molecule has 1 atom stereocenters. The van der Waals surface area contributed by atoms with Gasteiger partial charge >= 0.3 is 0 Å². The van der Waals surface area contributed by atoms with Crippen molar-refractivity contribution in [2.75, 3.05) is 7.11 Å². The Bertz CT molecular complexity index is 621. The molecular weight excluding hydrogens is 305 g/mol. The van der Waals surface area contributed by atoms with E-state index in [0.29, 0.717) is 10.6 Å². The standard InChI is InChI=1S/C15H12Cl2F2O/c1-8-5-9(3-4-11(8)16)15(17)14-12(18)6-10(20-2)7-13(14)19/h3-7,15H,1-2H3. The summed E-state index contributed by atoms with van der Waals surface area (Å²) in [5.74, 6) is -1.37. The van der Waals surface area contributed by atoms with Gasteiger partial charge in [0.1, 0.15) is 17.4 Å². The van der Waals surface area contributed by atoms with Gasteiger partial charge in [0, 0.05) is 22.7 Å². The average Bonchev–Trinajstić information content (AvgIpc) is 2.40. The van der Waals surface area contributed by atoms with Crippen molar-refractivity contribution in [1.29, 1.82) is 0 Å². The number of methoxy groups -OCH3 is 1. The van der Waals surface area contributed by atoms with E-state index in [0.717, 1.165) is 17.7 Å². The fourth-order valence-corrected chi connectivity index (χ4v) is 2.37. The molecule has 1 unspecified atom stereocenters. The first-order valence-corrected chi connectivity index (χ1v) is 6.68. The summed E-state index contributed by atoms with van der Waals surface area (Å²) in [6.07, 6.45) is 0. The molecule has 0 aliphatic rings. The second-order valence-corrected chi connectivity index (χ2v) is 5.22. The maximum atomic E-state index is 14.0. The lowest BCUT2D eigenvalue weighted by Gasteiger charge is -2.14. The third kappa shape index (κ3) is 2.89. The largest absolute Gasteiger partial charge is 0.497 e. The van der Waals surface area contributed by atoms with Gasteiger partial charge in [0.05, 0.1) is 12.5 Å². The Balaban J connectivity index is 2.47. The lowest BCUT2D eigenvalue weighted by Crippen LogP contribution is -2.02. The zero-order valence-corrected chi connectivity index (χ0v) is 12.4. The zero-order valence-electron chi connectivity index (χ0n) is 10.9. The van der Waals surface area contributed by atoms with Gasteiger partial charge in [-0.25, -0.2) is 8.78 Å². The Labute approximate surface area is 126 Å². The molecule has 0 radical (unpaired) electrons. The lowest BCUT2D eigenvalue weighted by atomic mass is 10.0. The van der Waals surface area contributed by atoms with Gasteiger partial charge in [0.25, 0.3) is 0 Å². The molecule has 2 aromatic carbocycles. The van der Waals surface area contributed by atoms with E-state index in [1.165, 1.54) is 7.11 Å². The van der Waals surface area contributed by atoms with Gasteiger partial charge in [-0.15, -0.1) is 11.6 Å². The quantitative estimate of drug-likeness (QED) is 0.701. The van der Waals surface area contributed by atoms with Crippen LogP contribution >= 0.6 is 23.2 Å².